The van der Waals surface area contributed by atoms with Crippen LogP contribution in [-0.4, -0.2) is 32.5 Å². The summed E-state index contributed by atoms with van der Waals surface area (Å²) in [4.78, 5) is 40.9. The third-order valence-electron chi connectivity index (χ3n) is 4.86. The number of nitrogens with one attached hydrogen (secondary N) is 2. The highest BCUT2D eigenvalue weighted by atomic mass is 35.5. The lowest BCUT2D eigenvalue weighted by Crippen LogP contribution is -2.27. The second-order valence-electron chi connectivity index (χ2n) is 7.64. The number of aliphatic imine (C=N–C) groups is 1. The summed E-state index contributed by atoms with van der Waals surface area (Å²) < 4.78 is 53.3. The van der Waals surface area contributed by atoms with Crippen LogP contribution in [0.1, 0.15) is 45.7 Å². The van der Waals surface area contributed by atoms with Gasteiger partial charge in [0.2, 0.25) is 5.91 Å². The zero-order valence-electron chi connectivity index (χ0n) is 19.8. The second kappa shape index (κ2) is 12.0. The number of amides is 2. The molecule has 8 nitrogen and oxygen atoms in total. The van der Waals surface area contributed by atoms with Crippen LogP contribution in [-0.2, 0) is 11.0 Å². The number of pyridine rings is 2. The van der Waals surface area contributed by atoms with Crippen molar-refractivity contribution in [1.82, 2.24) is 20.3 Å². The van der Waals surface area contributed by atoms with Crippen LogP contribution in [0.2, 0.25) is 5.02 Å². The monoisotopic (exact) mass is 566 g/mol. The number of carbonyl (C=O) groups is 2. The molecule has 198 valence electrons. The first-order valence-electron chi connectivity index (χ1n) is 10.7. The fourth-order valence-corrected chi connectivity index (χ4v) is 4.03. The van der Waals surface area contributed by atoms with Crippen LogP contribution in [0, 0.1) is 5.82 Å². The molecule has 0 spiro atoms. The van der Waals surface area contributed by atoms with Gasteiger partial charge in [0.1, 0.15) is 15.7 Å². The molecule has 38 heavy (non-hydrogen) atoms. The highest BCUT2D eigenvalue weighted by Gasteiger charge is 2.34. The summed E-state index contributed by atoms with van der Waals surface area (Å²) in [6.45, 7) is 6.64. The molecule has 0 aromatic carbocycles. The summed E-state index contributed by atoms with van der Waals surface area (Å²) in [5.41, 5.74) is -0.634. The van der Waals surface area contributed by atoms with Crippen molar-refractivity contribution >= 4 is 46.3 Å². The molecule has 3 aromatic rings. The van der Waals surface area contributed by atoms with Gasteiger partial charge in [0.15, 0.2) is 5.82 Å². The number of thiazole rings is 1. The Kier molecular flexibility index (Phi) is 9.07. The Morgan fingerprint density at radius 3 is 2.63 bits per heavy atom. The van der Waals surface area contributed by atoms with E-state index in [2.05, 4.69) is 37.2 Å². The summed E-state index contributed by atoms with van der Waals surface area (Å²) >= 11 is 6.47. The summed E-state index contributed by atoms with van der Waals surface area (Å²) in [6.07, 6.45) is 2.30. The molecule has 0 aliphatic carbocycles. The summed E-state index contributed by atoms with van der Waals surface area (Å²) in [7, 11) is 0. The van der Waals surface area contributed by atoms with Crippen molar-refractivity contribution in [2.45, 2.75) is 26.1 Å². The van der Waals surface area contributed by atoms with Gasteiger partial charge in [-0.1, -0.05) is 18.2 Å². The molecule has 0 aliphatic rings. The smallest absolute Gasteiger partial charge is 0.343 e. The van der Waals surface area contributed by atoms with Gasteiger partial charge in [-0.3, -0.25) is 19.6 Å². The molecular formula is C24H19ClF4N6O2S. The average molecular weight is 567 g/mol. The minimum Gasteiger partial charge on any atom is -0.343 e. The number of aromatic nitrogens is 3. The predicted octanol–water partition coefficient (Wildman–Crippen LogP) is 5.75. The molecule has 3 rings (SSSR count). The molecule has 0 saturated carbocycles. The van der Waals surface area contributed by atoms with E-state index in [4.69, 9.17) is 11.6 Å². The number of hydrogen-bond acceptors (Lipinski definition) is 7. The average Bonchev–Trinajstić information content (AvgIpc) is 3.35. The van der Waals surface area contributed by atoms with Crippen molar-refractivity contribution in [2.24, 2.45) is 4.99 Å². The molecule has 0 fully saturated rings. The Balaban J connectivity index is 1.70. The fourth-order valence-electron chi connectivity index (χ4n) is 3.00. The molecule has 0 bridgehead atoms. The lowest BCUT2D eigenvalue weighted by Gasteiger charge is -2.12. The van der Waals surface area contributed by atoms with Gasteiger partial charge in [-0.15, -0.1) is 11.3 Å². The Bertz CT molecular complexity index is 1440. The van der Waals surface area contributed by atoms with Gasteiger partial charge in [0, 0.05) is 29.7 Å². The van der Waals surface area contributed by atoms with Crippen LogP contribution in [0.25, 0.3) is 0 Å². The first-order valence-corrected chi connectivity index (χ1v) is 11.9. The number of carbonyl (C=O) groups excluding carboxylic acids is 2. The maximum absolute atomic E-state index is 14.1. The predicted molar refractivity (Wildman–Crippen MR) is 136 cm³/mol. The number of rotatable bonds is 8. The number of halogens is 5. The third kappa shape index (κ3) is 7.07. The van der Waals surface area contributed by atoms with Gasteiger partial charge < -0.3 is 10.6 Å². The van der Waals surface area contributed by atoms with E-state index in [9.17, 15) is 27.2 Å². The van der Waals surface area contributed by atoms with Crippen molar-refractivity contribution in [1.29, 1.82) is 0 Å². The van der Waals surface area contributed by atoms with Crippen molar-refractivity contribution < 1.29 is 27.2 Å². The van der Waals surface area contributed by atoms with Crippen LogP contribution in [0.3, 0.4) is 0 Å². The first-order chi connectivity index (χ1) is 17.9. The molecule has 0 radical (unpaired) electrons. The Morgan fingerprint density at radius 1 is 1.24 bits per heavy atom. The van der Waals surface area contributed by atoms with E-state index >= 15 is 0 Å². The quantitative estimate of drug-likeness (QED) is 0.205. The largest absolute Gasteiger partial charge is 0.418 e. The van der Waals surface area contributed by atoms with Crippen LogP contribution < -0.4 is 10.6 Å². The number of alkyl halides is 3. The lowest BCUT2D eigenvalue weighted by molar-refractivity contribution is -0.137. The molecule has 3 heterocycles. The number of allylic oxidation sites excluding steroid dienone is 1. The third-order valence-corrected chi connectivity index (χ3v) is 6.34. The standard InChI is InChI=1S/C24H19ClF4N6O2S/c1-4-31-18(14-5-6-30-10-17(14)26)7-12(2)21(36)34-13(3)23-33-11-19(38-23)22(37)35-20-8-15(24(27,28)29)16(25)9-32-20/h4-11,13H,1H2,2-3H3,(H,34,36)(H,32,35,37)/b12-7+,31-18+. The van der Waals surface area contributed by atoms with Crippen LogP contribution in [0.5, 0.6) is 0 Å². The molecule has 3 aromatic heterocycles. The fraction of sp³-hybridized carbons (Fsp3) is 0.167. The zero-order chi connectivity index (χ0) is 28.0. The van der Waals surface area contributed by atoms with Crippen molar-refractivity contribution in [3.05, 3.63) is 93.2 Å². The molecular weight excluding hydrogens is 548 g/mol. The van der Waals surface area contributed by atoms with Gasteiger partial charge in [-0.25, -0.2) is 14.4 Å². The first kappa shape index (κ1) is 28.6. The summed E-state index contributed by atoms with van der Waals surface area (Å²) in [5, 5.41) is 4.74. The molecule has 14 heteroatoms. The molecule has 2 N–H and O–H groups in total. The van der Waals surface area contributed by atoms with E-state index in [1.165, 1.54) is 37.7 Å². The van der Waals surface area contributed by atoms with Gasteiger partial charge in [-0.2, -0.15) is 13.2 Å². The maximum atomic E-state index is 14.1. The summed E-state index contributed by atoms with van der Waals surface area (Å²) in [5.74, 6) is -2.21. The van der Waals surface area contributed by atoms with Crippen LogP contribution in [0.4, 0.5) is 23.4 Å². The molecule has 0 aliphatic heterocycles. The van der Waals surface area contributed by atoms with Crippen molar-refractivity contribution in [3.8, 4) is 0 Å². The maximum Gasteiger partial charge on any atom is 0.418 e. The van der Waals surface area contributed by atoms with E-state index in [0.29, 0.717) is 11.1 Å². The number of anilines is 1. The Morgan fingerprint density at radius 2 is 1.97 bits per heavy atom. The van der Waals surface area contributed by atoms with Crippen molar-refractivity contribution in [2.75, 3.05) is 5.32 Å². The van der Waals surface area contributed by atoms with E-state index in [1.54, 1.807) is 6.92 Å². The van der Waals surface area contributed by atoms with E-state index < -0.39 is 40.4 Å². The minimum atomic E-state index is -4.72. The zero-order valence-corrected chi connectivity index (χ0v) is 21.4. The normalized spacial score (nSPS) is 13.1. The van der Waals surface area contributed by atoms with E-state index in [1.807, 2.05) is 0 Å². The molecule has 2 amide bonds. The highest BCUT2D eigenvalue weighted by Crippen LogP contribution is 2.35. The highest BCUT2D eigenvalue weighted by molar-refractivity contribution is 7.13. The van der Waals surface area contributed by atoms with Crippen LogP contribution in [0.15, 0.2) is 66.3 Å². The van der Waals surface area contributed by atoms with Gasteiger partial charge >= 0.3 is 6.18 Å². The van der Waals surface area contributed by atoms with Gasteiger partial charge in [0.25, 0.3) is 5.91 Å². The van der Waals surface area contributed by atoms with Crippen molar-refractivity contribution in [3.63, 3.8) is 0 Å². The minimum absolute atomic E-state index is 0.0761. The van der Waals surface area contributed by atoms with E-state index in [0.717, 1.165) is 23.7 Å². The molecule has 1 unspecified atom stereocenters. The lowest BCUT2D eigenvalue weighted by atomic mass is 10.1. The number of nitrogens with zero attached hydrogens (tertiary/aromatic N) is 4. The number of hydrogen-bond donors (Lipinski definition) is 2. The Labute approximate surface area is 223 Å². The molecule has 0 saturated heterocycles. The Hall–Kier alpha value is -3.97. The van der Waals surface area contributed by atoms with Gasteiger partial charge in [-0.05, 0) is 32.1 Å². The molecule has 1 atom stereocenters. The SMILES string of the molecule is C=C/N=C(\C=C(/C)C(=O)NC(C)c1ncc(C(=O)Nc2cc(C(F)(F)F)c(Cl)cn2)s1)c1ccncc1F. The van der Waals surface area contributed by atoms with Crippen LogP contribution >= 0.6 is 22.9 Å². The second-order valence-corrected chi connectivity index (χ2v) is 9.11. The summed E-state index contributed by atoms with van der Waals surface area (Å²) in [6, 6.07) is 1.40. The van der Waals surface area contributed by atoms with Gasteiger partial charge in [0.05, 0.1) is 34.7 Å². The topological polar surface area (TPSA) is 109 Å². The van der Waals surface area contributed by atoms with E-state index in [-0.39, 0.29) is 27.5 Å².